The van der Waals surface area contributed by atoms with Crippen molar-refractivity contribution in [1.82, 2.24) is 9.62 Å². The van der Waals surface area contributed by atoms with Crippen LogP contribution in [-0.4, -0.2) is 65.9 Å². The molecule has 0 fully saturated rings. The normalized spacial score (nSPS) is 13.1. The molecular weight excluding hydrogens is 468 g/mol. The average molecular weight is 491 g/mol. The molecular formula is C21H23BFN3O7S. The lowest BCUT2D eigenvalue weighted by atomic mass is 9.81. The number of aliphatic hydroxyl groups is 1. The molecule has 0 aromatic heterocycles. The molecule has 34 heavy (non-hydrogen) atoms. The number of benzene rings is 2. The van der Waals surface area contributed by atoms with Crippen LogP contribution in [0.4, 0.5) is 4.39 Å². The van der Waals surface area contributed by atoms with Crippen LogP contribution >= 0.6 is 0 Å². The number of nitrogens with one attached hydrogen (secondary N) is 1. The van der Waals surface area contributed by atoms with E-state index in [9.17, 15) is 37.6 Å². The molecule has 180 valence electrons. The second-order valence-electron chi connectivity index (χ2n) is 7.52. The number of carbonyl (C=O) groups excluding carboxylic acids is 2. The van der Waals surface area contributed by atoms with Crippen molar-refractivity contribution < 1.29 is 37.6 Å². The fraction of sp³-hybridized carbons (Fsp3) is 0.286. The van der Waals surface area contributed by atoms with E-state index < -0.39 is 66.3 Å². The standard InChI is InChI=1S/C21H23BFN3O7S/c1-14(27)12-26(34(32,33)19-7-5-16(6-8-19)22(30)31)13-18(28)10-20(25-21(29)11-24)15-3-2-4-17(23)9-15/h2-9,14,20,27,30-31H,10,12-13H2,1H3,(H,25,29)/t14-,20-/m0/s1. The third kappa shape index (κ3) is 7.44. The fourth-order valence-corrected chi connectivity index (χ4v) is 4.66. The number of rotatable bonds is 11. The van der Waals surface area contributed by atoms with E-state index in [1.165, 1.54) is 37.3 Å². The second kappa shape index (κ2) is 11.8. The molecule has 1 amide bonds. The first-order valence-corrected chi connectivity index (χ1v) is 11.5. The minimum absolute atomic E-state index is 0.0586. The van der Waals surface area contributed by atoms with Crippen molar-refractivity contribution in [2.45, 2.75) is 30.4 Å². The molecule has 0 saturated carbocycles. The summed E-state index contributed by atoms with van der Waals surface area (Å²) >= 11 is 0. The molecule has 2 aromatic rings. The predicted octanol–water partition coefficient (Wildman–Crippen LogP) is -0.783. The Labute approximate surface area is 196 Å². The number of Topliss-reactive ketones (excluding diaryl/α,β-unsaturated/α-hetero) is 1. The number of hydrogen-bond donors (Lipinski definition) is 4. The molecule has 2 aromatic carbocycles. The number of aliphatic hydroxyl groups excluding tert-OH is 1. The van der Waals surface area contributed by atoms with Crippen LogP contribution in [0.3, 0.4) is 0 Å². The highest BCUT2D eigenvalue weighted by Crippen LogP contribution is 2.21. The number of sulfonamides is 1. The molecule has 0 spiro atoms. The summed E-state index contributed by atoms with van der Waals surface area (Å²) in [6, 6.07) is 9.95. The van der Waals surface area contributed by atoms with Crippen molar-refractivity contribution in [2.24, 2.45) is 0 Å². The van der Waals surface area contributed by atoms with E-state index in [4.69, 9.17) is 5.26 Å². The summed E-state index contributed by atoms with van der Waals surface area (Å²) < 4.78 is 40.6. The van der Waals surface area contributed by atoms with E-state index in [1.807, 2.05) is 0 Å². The molecule has 2 rings (SSSR count). The smallest absolute Gasteiger partial charge is 0.423 e. The Balaban J connectivity index is 2.29. The summed E-state index contributed by atoms with van der Waals surface area (Å²) in [5, 5.41) is 39.2. The van der Waals surface area contributed by atoms with Crippen LogP contribution in [0.1, 0.15) is 24.9 Å². The second-order valence-corrected chi connectivity index (χ2v) is 9.46. The van der Waals surface area contributed by atoms with Crippen LogP contribution in [0.2, 0.25) is 0 Å². The minimum Gasteiger partial charge on any atom is -0.423 e. The maximum Gasteiger partial charge on any atom is 0.488 e. The van der Waals surface area contributed by atoms with Gasteiger partial charge in [-0.2, -0.15) is 9.57 Å². The van der Waals surface area contributed by atoms with Gasteiger partial charge in [0.05, 0.1) is 23.6 Å². The van der Waals surface area contributed by atoms with Crippen LogP contribution in [0.25, 0.3) is 0 Å². The number of nitrogens with zero attached hydrogens (tertiary/aromatic N) is 2. The van der Waals surface area contributed by atoms with Gasteiger partial charge in [0.15, 0.2) is 6.07 Å². The largest absolute Gasteiger partial charge is 0.488 e. The lowest BCUT2D eigenvalue weighted by molar-refractivity contribution is -0.120. The van der Waals surface area contributed by atoms with E-state index >= 15 is 0 Å². The van der Waals surface area contributed by atoms with E-state index in [2.05, 4.69) is 5.32 Å². The zero-order valence-electron chi connectivity index (χ0n) is 18.1. The molecule has 0 bridgehead atoms. The zero-order chi connectivity index (χ0) is 25.5. The fourth-order valence-electron chi connectivity index (χ4n) is 3.16. The van der Waals surface area contributed by atoms with Gasteiger partial charge < -0.3 is 20.5 Å². The van der Waals surface area contributed by atoms with Gasteiger partial charge in [-0.05, 0) is 42.2 Å². The van der Waals surface area contributed by atoms with Crippen molar-refractivity contribution in [3.63, 3.8) is 0 Å². The van der Waals surface area contributed by atoms with Crippen LogP contribution in [0, 0.1) is 17.1 Å². The third-order valence-corrected chi connectivity index (χ3v) is 6.55. The number of ketones is 1. The van der Waals surface area contributed by atoms with Crippen LogP contribution in [-0.2, 0) is 19.6 Å². The lowest BCUT2D eigenvalue weighted by Gasteiger charge is -2.24. The lowest BCUT2D eigenvalue weighted by Crippen LogP contribution is -2.41. The van der Waals surface area contributed by atoms with Gasteiger partial charge in [-0.15, -0.1) is 0 Å². The van der Waals surface area contributed by atoms with E-state index in [0.717, 1.165) is 28.6 Å². The molecule has 0 heterocycles. The summed E-state index contributed by atoms with van der Waals surface area (Å²) in [6.45, 7) is 0.236. The topological polar surface area (TPSA) is 168 Å². The number of halogens is 1. The predicted molar refractivity (Wildman–Crippen MR) is 119 cm³/mol. The molecule has 4 N–H and O–H groups in total. The molecule has 0 aliphatic carbocycles. The molecule has 0 radical (unpaired) electrons. The summed E-state index contributed by atoms with van der Waals surface area (Å²) in [4.78, 5) is 24.2. The summed E-state index contributed by atoms with van der Waals surface area (Å²) in [5.74, 6) is -2.35. The highest BCUT2D eigenvalue weighted by atomic mass is 32.2. The Hall–Kier alpha value is -3.15. The molecule has 0 saturated heterocycles. The Bertz CT molecular complexity index is 1170. The Morgan fingerprint density at radius 3 is 2.38 bits per heavy atom. The van der Waals surface area contributed by atoms with Gasteiger partial charge in [0.1, 0.15) is 11.6 Å². The highest BCUT2D eigenvalue weighted by molar-refractivity contribution is 7.89. The van der Waals surface area contributed by atoms with E-state index in [1.54, 1.807) is 0 Å². The average Bonchev–Trinajstić information content (AvgIpc) is 2.77. The van der Waals surface area contributed by atoms with Gasteiger partial charge in [0, 0.05) is 13.0 Å². The molecule has 2 atom stereocenters. The maximum absolute atomic E-state index is 13.7. The van der Waals surface area contributed by atoms with Crippen LogP contribution in [0.15, 0.2) is 53.4 Å². The zero-order valence-corrected chi connectivity index (χ0v) is 18.9. The van der Waals surface area contributed by atoms with Gasteiger partial charge in [-0.1, -0.05) is 24.3 Å². The van der Waals surface area contributed by atoms with E-state index in [-0.39, 0.29) is 15.9 Å². The first-order valence-electron chi connectivity index (χ1n) is 10.1. The molecule has 0 unspecified atom stereocenters. The van der Waals surface area contributed by atoms with Crippen LogP contribution < -0.4 is 10.8 Å². The Morgan fingerprint density at radius 1 is 1.21 bits per heavy atom. The number of hydrogen-bond acceptors (Lipinski definition) is 8. The first kappa shape index (κ1) is 27.1. The van der Waals surface area contributed by atoms with Crippen molar-refractivity contribution in [2.75, 3.05) is 13.1 Å². The summed E-state index contributed by atoms with van der Waals surface area (Å²) in [7, 11) is -6.08. The van der Waals surface area contributed by atoms with Gasteiger partial charge in [0.25, 0.3) is 0 Å². The minimum atomic E-state index is -4.28. The summed E-state index contributed by atoms with van der Waals surface area (Å²) in [6.07, 6.45) is -1.57. The molecule has 0 aliphatic heterocycles. The van der Waals surface area contributed by atoms with Crippen molar-refractivity contribution >= 4 is 34.3 Å². The maximum atomic E-state index is 13.7. The van der Waals surface area contributed by atoms with Gasteiger partial charge >= 0.3 is 13.0 Å². The Kier molecular flexibility index (Phi) is 9.42. The Morgan fingerprint density at radius 2 is 1.85 bits per heavy atom. The van der Waals surface area contributed by atoms with Gasteiger partial charge in [-0.25, -0.2) is 12.8 Å². The molecule has 10 nitrogen and oxygen atoms in total. The number of amides is 1. The molecule has 13 heteroatoms. The number of carbonyl (C=O) groups is 2. The quantitative estimate of drug-likeness (QED) is 0.235. The van der Waals surface area contributed by atoms with Crippen molar-refractivity contribution in [1.29, 1.82) is 5.26 Å². The highest BCUT2D eigenvalue weighted by Gasteiger charge is 2.29. The van der Waals surface area contributed by atoms with Gasteiger partial charge in [-0.3, -0.25) is 9.59 Å². The van der Waals surface area contributed by atoms with Gasteiger partial charge in [0.2, 0.25) is 10.0 Å². The summed E-state index contributed by atoms with van der Waals surface area (Å²) in [5.41, 5.74) is 0.267. The monoisotopic (exact) mass is 491 g/mol. The van der Waals surface area contributed by atoms with E-state index in [0.29, 0.717) is 0 Å². The van der Waals surface area contributed by atoms with Crippen molar-refractivity contribution in [3.05, 3.63) is 59.9 Å². The molecule has 0 aliphatic rings. The number of nitriles is 1. The first-order chi connectivity index (χ1) is 15.9. The third-order valence-electron chi connectivity index (χ3n) is 4.73. The SMILES string of the molecule is C[C@H](O)CN(CC(=O)C[C@H](NC(=O)C#N)c1cccc(F)c1)S(=O)(=O)c1ccc(B(O)O)cc1. The van der Waals surface area contributed by atoms with Crippen molar-refractivity contribution in [3.8, 4) is 6.07 Å². The van der Waals surface area contributed by atoms with Crippen LogP contribution in [0.5, 0.6) is 0 Å².